The van der Waals surface area contributed by atoms with Gasteiger partial charge in [-0.15, -0.1) is 0 Å². The number of ether oxygens (including phenoxy) is 6. The maximum absolute atomic E-state index is 12.5. The summed E-state index contributed by atoms with van der Waals surface area (Å²) in [5, 5.41) is 16.9. The summed E-state index contributed by atoms with van der Waals surface area (Å²) in [7, 11) is 7.78. The van der Waals surface area contributed by atoms with Crippen molar-refractivity contribution in [1.29, 1.82) is 0 Å². The first-order valence-electron chi connectivity index (χ1n) is 15.8. The molecule has 2 N–H and O–H groups in total. The Bertz CT molecular complexity index is 1530. The van der Waals surface area contributed by atoms with Crippen LogP contribution >= 0.6 is 0 Å². The van der Waals surface area contributed by atoms with Gasteiger partial charge in [-0.3, -0.25) is 9.63 Å². The van der Waals surface area contributed by atoms with Crippen molar-refractivity contribution in [2.45, 2.75) is 44.2 Å². The standard InChI is InChI=1S/C36H44N2O9/c1-41-26-21-28(42-2)32-29(22-26)47-34(24-19-30(43-3)35(45-5)31(20-24)44-4)27(33(32)39)13-9-10-18-46-38-16-14-25(15-17-38)37-36(40)23-11-7-6-8-12-23/h6-8,11-12,19-22,25,33,39H,9-10,13-18H2,1-5H3,(H,37,40). The third kappa shape index (κ3) is 7.75. The normalized spacial score (nSPS) is 16.6. The largest absolute Gasteiger partial charge is 0.496 e. The number of amides is 1. The highest BCUT2D eigenvalue weighted by atomic mass is 16.7. The molecule has 3 aromatic carbocycles. The molecule has 3 aromatic rings. The van der Waals surface area contributed by atoms with Crippen LogP contribution in [0, 0.1) is 0 Å². The van der Waals surface area contributed by atoms with Gasteiger partial charge in [0.05, 0.1) is 47.7 Å². The maximum Gasteiger partial charge on any atom is 0.251 e. The van der Waals surface area contributed by atoms with Gasteiger partial charge in [0.1, 0.15) is 29.1 Å². The number of hydrogen-bond acceptors (Lipinski definition) is 10. The van der Waals surface area contributed by atoms with E-state index in [0.717, 1.165) is 38.8 Å². The van der Waals surface area contributed by atoms with E-state index in [4.69, 9.17) is 33.3 Å². The summed E-state index contributed by atoms with van der Waals surface area (Å²) >= 11 is 0. The van der Waals surface area contributed by atoms with Gasteiger partial charge in [0.15, 0.2) is 11.5 Å². The Hall–Kier alpha value is -4.45. The van der Waals surface area contributed by atoms with Crippen LogP contribution in [0.1, 0.15) is 59.7 Å². The number of carbonyl (C=O) groups excluding carboxylic acids is 1. The maximum atomic E-state index is 12.5. The minimum Gasteiger partial charge on any atom is -0.496 e. The first-order chi connectivity index (χ1) is 22.9. The van der Waals surface area contributed by atoms with Gasteiger partial charge < -0.3 is 38.8 Å². The zero-order valence-corrected chi connectivity index (χ0v) is 27.7. The van der Waals surface area contributed by atoms with E-state index in [9.17, 15) is 9.90 Å². The van der Waals surface area contributed by atoms with Crippen LogP contribution in [0.4, 0.5) is 0 Å². The number of aliphatic hydroxyl groups excluding tert-OH is 1. The Morgan fingerprint density at radius 1 is 0.872 bits per heavy atom. The number of unbranched alkanes of at least 4 members (excludes halogenated alkanes) is 1. The zero-order chi connectivity index (χ0) is 33.3. The minimum atomic E-state index is -0.986. The molecule has 11 heteroatoms. The molecule has 1 fully saturated rings. The number of methoxy groups -OCH3 is 5. The number of aliphatic hydroxyl groups is 1. The Labute approximate surface area is 275 Å². The smallest absolute Gasteiger partial charge is 0.251 e. The molecule has 1 atom stereocenters. The molecule has 0 spiro atoms. The second kappa shape index (κ2) is 15.9. The topological polar surface area (TPSA) is 117 Å². The SMILES string of the molecule is COc1cc(OC)c2c(c1)OC(c1cc(OC)c(OC)c(OC)c1)=C(CCCCON1CCC(NC(=O)c3ccccc3)CC1)C2O. The van der Waals surface area contributed by atoms with E-state index < -0.39 is 6.10 Å². The minimum absolute atomic E-state index is 0.0431. The number of carbonyl (C=O) groups is 1. The number of benzene rings is 3. The van der Waals surface area contributed by atoms with Gasteiger partial charge in [-0.2, -0.15) is 5.06 Å². The lowest BCUT2D eigenvalue weighted by molar-refractivity contribution is -0.171. The molecule has 0 aromatic heterocycles. The Kier molecular flexibility index (Phi) is 11.5. The average molecular weight is 649 g/mol. The summed E-state index contributed by atoms with van der Waals surface area (Å²) in [6.45, 7) is 2.01. The predicted octanol–water partition coefficient (Wildman–Crippen LogP) is 5.56. The van der Waals surface area contributed by atoms with Gasteiger partial charge >= 0.3 is 0 Å². The van der Waals surface area contributed by atoms with E-state index in [1.165, 1.54) is 0 Å². The number of rotatable bonds is 14. The van der Waals surface area contributed by atoms with Gasteiger partial charge in [0, 0.05) is 48.0 Å². The van der Waals surface area contributed by atoms with E-state index in [-0.39, 0.29) is 11.9 Å². The van der Waals surface area contributed by atoms with Crippen molar-refractivity contribution in [3.8, 4) is 34.5 Å². The lowest BCUT2D eigenvalue weighted by Gasteiger charge is -2.31. The summed E-state index contributed by atoms with van der Waals surface area (Å²) < 4.78 is 34.3. The average Bonchev–Trinajstić information content (AvgIpc) is 3.11. The molecule has 11 nitrogen and oxygen atoms in total. The molecule has 252 valence electrons. The van der Waals surface area contributed by atoms with E-state index in [1.807, 2.05) is 35.4 Å². The quantitative estimate of drug-likeness (QED) is 0.215. The summed E-state index contributed by atoms with van der Waals surface area (Å²) in [5.41, 5.74) is 2.58. The van der Waals surface area contributed by atoms with Crippen LogP contribution in [-0.2, 0) is 4.84 Å². The van der Waals surface area contributed by atoms with Gasteiger partial charge in [-0.05, 0) is 56.4 Å². The summed E-state index contributed by atoms with van der Waals surface area (Å²) in [6.07, 6.45) is 2.69. The Balaban J connectivity index is 1.25. The number of nitrogens with one attached hydrogen (secondary N) is 1. The molecule has 1 amide bonds. The highest BCUT2D eigenvalue weighted by Gasteiger charge is 2.33. The van der Waals surface area contributed by atoms with Gasteiger partial charge in [-0.25, -0.2) is 0 Å². The molecular formula is C36H44N2O9. The predicted molar refractivity (Wildman–Crippen MR) is 176 cm³/mol. The fourth-order valence-corrected chi connectivity index (χ4v) is 6.00. The van der Waals surface area contributed by atoms with Crippen LogP contribution in [0.3, 0.4) is 0 Å². The lowest BCUT2D eigenvalue weighted by Crippen LogP contribution is -2.44. The monoisotopic (exact) mass is 648 g/mol. The van der Waals surface area contributed by atoms with E-state index in [2.05, 4.69) is 5.32 Å². The van der Waals surface area contributed by atoms with Crippen molar-refractivity contribution in [2.75, 3.05) is 55.2 Å². The van der Waals surface area contributed by atoms with Crippen molar-refractivity contribution in [1.82, 2.24) is 10.4 Å². The summed E-state index contributed by atoms with van der Waals surface area (Å²) in [5.74, 6) is 3.31. The van der Waals surface area contributed by atoms with Crippen molar-refractivity contribution in [2.24, 2.45) is 0 Å². The fourth-order valence-electron chi connectivity index (χ4n) is 6.00. The second-order valence-electron chi connectivity index (χ2n) is 11.3. The molecule has 2 aliphatic heterocycles. The van der Waals surface area contributed by atoms with Crippen LogP contribution < -0.4 is 33.7 Å². The highest BCUT2D eigenvalue weighted by Crippen LogP contribution is 2.50. The second-order valence-corrected chi connectivity index (χ2v) is 11.3. The number of fused-ring (bicyclic) bond motifs is 1. The number of nitrogens with zero attached hydrogens (tertiary/aromatic N) is 1. The number of piperidine rings is 1. The third-order valence-electron chi connectivity index (χ3n) is 8.51. The van der Waals surface area contributed by atoms with Crippen LogP contribution in [0.25, 0.3) is 5.76 Å². The molecule has 0 aliphatic carbocycles. The van der Waals surface area contributed by atoms with Crippen molar-refractivity contribution >= 4 is 11.7 Å². The lowest BCUT2D eigenvalue weighted by atomic mass is 9.90. The highest BCUT2D eigenvalue weighted by molar-refractivity contribution is 5.94. The van der Waals surface area contributed by atoms with E-state index >= 15 is 0 Å². The number of hydrogen-bond donors (Lipinski definition) is 2. The molecule has 0 radical (unpaired) electrons. The van der Waals surface area contributed by atoms with Crippen LogP contribution in [0.15, 0.2) is 60.2 Å². The molecule has 1 unspecified atom stereocenters. The fraction of sp³-hybridized carbons (Fsp3) is 0.417. The molecule has 5 rings (SSSR count). The molecule has 1 saturated heterocycles. The summed E-state index contributed by atoms with van der Waals surface area (Å²) in [4.78, 5) is 18.6. The van der Waals surface area contributed by atoms with E-state index in [0.29, 0.717) is 75.5 Å². The van der Waals surface area contributed by atoms with Gasteiger partial charge in [0.2, 0.25) is 5.75 Å². The van der Waals surface area contributed by atoms with E-state index in [1.54, 1.807) is 59.8 Å². The van der Waals surface area contributed by atoms with Crippen LogP contribution in [-0.4, -0.2) is 77.4 Å². The third-order valence-corrected chi connectivity index (χ3v) is 8.51. The van der Waals surface area contributed by atoms with Crippen molar-refractivity contribution in [3.63, 3.8) is 0 Å². The first-order valence-corrected chi connectivity index (χ1v) is 15.8. The molecule has 0 saturated carbocycles. The Morgan fingerprint density at radius 3 is 2.17 bits per heavy atom. The van der Waals surface area contributed by atoms with Gasteiger partial charge in [-0.1, -0.05) is 18.2 Å². The van der Waals surface area contributed by atoms with Crippen LogP contribution in [0.5, 0.6) is 34.5 Å². The Morgan fingerprint density at radius 2 is 1.55 bits per heavy atom. The molecule has 47 heavy (non-hydrogen) atoms. The molecule has 2 heterocycles. The molecule has 2 aliphatic rings. The van der Waals surface area contributed by atoms with Crippen LogP contribution in [0.2, 0.25) is 0 Å². The molecule has 0 bridgehead atoms. The zero-order valence-electron chi connectivity index (χ0n) is 27.7. The molecular weight excluding hydrogens is 604 g/mol. The van der Waals surface area contributed by atoms with Crippen molar-refractivity contribution in [3.05, 3.63) is 76.9 Å². The summed E-state index contributed by atoms with van der Waals surface area (Å²) in [6, 6.07) is 16.5. The van der Waals surface area contributed by atoms with Gasteiger partial charge in [0.25, 0.3) is 5.91 Å². The van der Waals surface area contributed by atoms with Crippen molar-refractivity contribution < 1.29 is 43.2 Å². The first kappa shape index (κ1) is 33.9. The number of hydroxylamine groups is 2.